The molecule has 0 spiro atoms. The molecule has 0 unspecified atom stereocenters. The van der Waals surface area contributed by atoms with Gasteiger partial charge >= 0.3 is 0 Å². The summed E-state index contributed by atoms with van der Waals surface area (Å²) >= 11 is 0. The molecule has 0 saturated heterocycles. The highest BCUT2D eigenvalue weighted by atomic mass is 28.1. The van der Waals surface area contributed by atoms with E-state index < -0.39 is 5.82 Å². The number of aromatic nitrogens is 6. The molecule has 26 heavy (non-hydrogen) atoms. The normalized spacial score (nSPS) is 11.2. The first-order chi connectivity index (χ1) is 12.6. The van der Waals surface area contributed by atoms with Crippen molar-refractivity contribution in [3.8, 4) is 23.2 Å². The Balaban J connectivity index is 1.80. The van der Waals surface area contributed by atoms with Gasteiger partial charge in [-0.15, -0.1) is 5.10 Å². The highest BCUT2D eigenvalue weighted by molar-refractivity contribution is 6.30. The van der Waals surface area contributed by atoms with Crippen molar-refractivity contribution in [1.82, 2.24) is 29.9 Å². The Labute approximate surface area is 149 Å². The summed E-state index contributed by atoms with van der Waals surface area (Å²) in [4.78, 5) is 12.5. The first-order valence-electron chi connectivity index (χ1n) is 7.70. The molecule has 0 aliphatic heterocycles. The third kappa shape index (κ3) is 3.01. The molecule has 4 rings (SSSR count). The van der Waals surface area contributed by atoms with Crippen LogP contribution in [0.3, 0.4) is 0 Å². The van der Waals surface area contributed by atoms with Crippen molar-refractivity contribution in [2.24, 2.45) is 0 Å². The van der Waals surface area contributed by atoms with Crippen LogP contribution in [0.2, 0.25) is 0 Å². The van der Waals surface area contributed by atoms with Crippen molar-refractivity contribution in [1.29, 1.82) is 0 Å². The first kappa shape index (κ1) is 16.2. The molecule has 0 amide bonds. The van der Waals surface area contributed by atoms with Gasteiger partial charge in [-0.3, -0.25) is 0 Å². The van der Waals surface area contributed by atoms with E-state index in [0.717, 1.165) is 6.20 Å². The molecule has 10 heteroatoms. The lowest BCUT2D eigenvalue weighted by Gasteiger charge is -2.05. The van der Waals surface area contributed by atoms with Gasteiger partial charge in [0.05, 0.1) is 28.3 Å². The zero-order chi connectivity index (χ0) is 18.1. The van der Waals surface area contributed by atoms with Crippen LogP contribution in [-0.4, -0.2) is 40.1 Å². The minimum atomic E-state index is -0.456. The summed E-state index contributed by atoms with van der Waals surface area (Å²) in [6.07, 6.45) is 2.50. The lowest BCUT2D eigenvalue weighted by atomic mass is 10.2. The Hall–Kier alpha value is -3.27. The molecule has 0 radical (unpaired) electrons. The average Bonchev–Trinajstić information content (AvgIpc) is 3.29. The molecule has 0 aliphatic carbocycles. The van der Waals surface area contributed by atoms with Gasteiger partial charge in [0.2, 0.25) is 5.82 Å². The number of benzene rings is 1. The summed E-state index contributed by atoms with van der Waals surface area (Å²) in [5.41, 5.74) is 0.880. The van der Waals surface area contributed by atoms with Crippen molar-refractivity contribution in [2.45, 2.75) is 6.54 Å². The Morgan fingerprint density at radius 3 is 2.62 bits per heavy atom. The van der Waals surface area contributed by atoms with Crippen LogP contribution in [0.5, 0.6) is 0 Å². The van der Waals surface area contributed by atoms with Crippen LogP contribution in [0.25, 0.3) is 23.2 Å². The van der Waals surface area contributed by atoms with E-state index in [-0.39, 0.29) is 24.0 Å². The van der Waals surface area contributed by atoms with E-state index in [9.17, 15) is 8.78 Å². The van der Waals surface area contributed by atoms with Crippen LogP contribution in [-0.2, 0) is 6.54 Å². The minimum absolute atomic E-state index is 0.136. The maximum atomic E-state index is 14.0. The van der Waals surface area contributed by atoms with Crippen molar-refractivity contribution >= 4 is 15.6 Å². The summed E-state index contributed by atoms with van der Waals surface area (Å²) in [7, 11) is 0.425. The van der Waals surface area contributed by atoms with Gasteiger partial charge in [0.15, 0.2) is 23.2 Å². The molecule has 1 aromatic carbocycles. The molecule has 3 heterocycles. The molecule has 0 saturated carbocycles. The number of halogens is 2. The highest BCUT2D eigenvalue weighted by Crippen LogP contribution is 2.20. The SMILES string of the molecule is Fc1ccccc1Cn1nc(-c2ncc(F)c([SiH3])n2)nc1-c1ccon1. The lowest BCUT2D eigenvalue weighted by Crippen LogP contribution is -2.15. The van der Waals surface area contributed by atoms with Gasteiger partial charge in [-0.1, -0.05) is 23.4 Å². The van der Waals surface area contributed by atoms with E-state index in [1.54, 1.807) is 24.3 Å². The van der Waals surface area contributed by atoms with Crippen LogP contribution in [0.4, 0.5) is 8.78 Å². The molecule has 0 N–H and O–H groups in total. The molecule has 130 valence electrons. The molecular weight excluding hydrogens is 358 g/mol. The summed E-state index contributed by atoms with van der Waals surface area (Å²) in [6, 6.07) is 8.01. The van der Waals surface area contributed by atoms with E-state index in [4.69, 9.17) is 4.52 Å². The van der Waals surface area contributed by atoms with Crippen LogP contribution >= 0.6 is 0 Å². The average molecular weight is 370 g/mol. The Bertz CT molecular complexity index is 1070. The van der Waals surface area contributed by atoms with Crippen LogP contribution < -0.4 is 5.32 Å². The molecular formula is C16H12F2N6OSi. The van der Waals surface area contributed by atoms with Crippen LogP contribution in [0.1, 0.15) is 5.56 Å². The number of hydrogen-bond donors (Lipinski definition) is 0. The van der Waals surface area contributed by atoms with E-state index in [2.05, 4.69) is 25.2 Å². The van der Waals surface area contributed by atoms with Gasteiger partial charge in [0.25, 0.3) is 0 Å². The number of hydrogen-bond acceptors (Lipinski definition) is 6. The van der Waals surface area contributed by atoms with Gasteiger partial charge in [0.1, 0.15) is 12.1 Å². The van der Waals surface area contributed by atoms with E-state index >= 15 is 0 Å². The fraction of sp³-hybridized carbons (Fsp3) is 0.0625. The van der Waals surface area contributed by atoms with Gasteiger partial charge in [-0.05, 0) is 6.07 Å². The monoisotopic (exact) mass is 370 g/mol. The Morgan fingerprint density at radius 1 is 1.04 bits per heavy atom. The predicted molar refractivity (Wildman–Crippen MR) is 91.6 cm³/mol. The highest BCUT2D eigenvalue weighted by Gasteiger charge is 2.19. The standard InChI is InChI=1S/C16H12F2N6OSi/c17-10-4-2-1-3-9(10)8-24-15(12-5-6-25-23-12)20-14(22-24)13-19-7-11(18)16(26)21-13/h1-7H,8H2,26H3. The van der Waals surface area contributed by atoms with Crippen molar-refractivity contribution in [3.63, 3.8) is 0 Å². The zero-order valence-electron chi connectivity index (χ0n) is 13.6. The Kier molecular flexibility index (Phi) is 4.09. The van der Waals surface area contributed by atoms with Gasteiger partial charge < -0.3 is 4.52 Å². The molecule has 0 fully saturated rings. The maximum absolute atomic E-state index is 14.0. The second-order valence-corrected chi connectivity index (χ2v) is 6.47. The summed E-state index contributed by atoms with van der Waals surface area (Å²) in [5, 5.41) is 8.56. The fourth-order valence-corrected chi connectivity index (χ4v) is 2.75. The molecule has 7 nitrogen and oxygen atoms in total. The van der Waals surface area contributed by atoms with E-state index in [1.165, 1.54) is 17.0 Å². The lowest BCUT2D eigenvalue weighted by molar-refractivity contribution is 0.421. The molecule has 0 atom stereocenters. The zero-order valence-corrected chi connectivity index (χ0v) is 15.6. The molecule has 0 aliphatic rings. The van der Waals surface area contributed by atoms with E-state index in [1.807, 2.05) is 0 Å². The molecule has 0 bridgehead atoms. The summed E-state index contributed by atoms with van der Waals surface area (Å²) < 4.78 is 33.8. The molecule has 4 aromatic rings. The van der Waals surface area contributed by atoms with Gasteiger partial charge in [0, 0.05) is 11.6 Å². The van der Waals surface area contributed by atoms with E-state index in [0.29, 0.717) is 32.6 Å². The number of rotatable bonds is 4. The third-order valence-electron chi connectivity index (χ3n) is 3.74. The predicted octanol–water partition coefficient (Wildman–Crippen LogP) is 0.707. The summed E-state index contributed by atoms with van der Waals surface area (Å²) in [6.45, 7) is 0.136. The second kappa shape index (κ2) is 6.56. The summed E-state index contributed by atoms with van der Waals surface area (Å²) in [5.74, 6) is -0.0249. The van der Waals surface area contributed by atoms with Crippen molar-refractivity contribution in [3.05, 3.63) is 60.0 Å². The number of nitrogens with zero attached hydrogens (tertiary/aromatic N) is 6. The maximum Gasteiger partial charge on any atom is 0.219 e. The largest absolute Gasteiger partial charge is 0.364 e. The van der Waals surface area contributed by atoms with Crippen LogP contribution in [0.15, 0.2) is 47.3 Å². The van der Waals surface area contributed by atoms with Gasteiger partial charge in [-0.2, -0.15) is 0 Å². The second-order valence-electron chi connectivity index (χ2n) is 5.52. The quantitative estimate of drug-likeness (QED) is 0.492. The third-order valence-corrected chi connectivity index (χ3v) is 4.44. The smallest absolute Gasteiger partial charge is 0.219 e. The first-order valence-corrected chi connectivity index (χ1v) is 8.70. The Morgan fingerprint density at radius 2 is 1.88 bits per heavy atom. The molecule has 3 aromatic heterocycles. The topological polar surface area (TPSA) is 82.5 Å². The minimum Gasteiger partial charge on any atom is -0.364 e. The van der Waals surface area contributed by atoms with Crippen molar-refractivity contribution in [2.75, 3.05) is 0 Å². The van der Waals surface area contributed by atoms with Gasteiger partial charge in [-0.25, -0.2) is 28.4 Å². The van der Waals surface area contributed by atoms with Crippen LogP contribution in [0, 0.1) is 11.6 Å². The fourth-order valence-electron chi connectivity index (χ4n) is 2.41. The van der Waals surface area contributed by atoms with Crippen molar-refractivity contribution < 1.29 is 13.3 Å².